The van der Waals surface area contributed by atoms with Gasteiger partial charge in [0.15, 0.2) is 0 Å². The summed E-state index contributed by atoms with van der Waals surface area (Å²) in [5.74, 6) is -0.908. The summed E-state index contributed by atoms with van der Waals surface area (Å²) in [5.41, 5.74) is -3.98. The molecule has 1 atom stereocenters. The Bertz CT molecular complexity index is 788. The number of hydrogen-bond acceptors (Lipinski definition) is 2. The molecule has 0 saturated carbocycles. The highest BCUT2D eigenvalue weighted by molar-refractivity contribution is 6.07. The van der Waals surface area contributed by atoms with Crippen molar-refractivity contribution < 1.29 is 27.1 Å². The molecule has 0 radical (unpaired) electrons. The van der Waals surface area contributed by atoms with Crippen molar-refractivity contribution in [2.45, 2.75) is 11.8 Å². The second-order valence-electron chi connectivity index (χ2n) is 5.07. The van der Waals surface area contributed by atoms with Crippen LogP contribution in [0.5, 0.6) is 5.75 Å². The molecule has 2 aromatic carbocycles. The van der Waals surface area contributed by atoms with Crippen molar-refractivity contribution in [3.8, 4) is 5.75 Å². The van der Waals surface area contributed by atoms with Crippen LogP contribution in [-0.4, -0.2) is 13.0 Å². The Morgan fingerprint density at radius 1 is 1.09 bits per heavy atom. The first-order chi connectivity index (χ1) is 10.8. The smallest absolute Gasteiger partial charge is 0.416 e. The lowest BCUT2D eigenvalue weighted by atomic mass is 9.88. The summed E-state index contributed by atoms with van der Waals surface area (Å²) in [7, 11) is 1.32. The minimum atomic E-state index is -4.58. The number of ether oxygens (including phenoxy) is 1. The first kappa shape index (κ1) is 15.3. The van der Waals surface area contributed by atoms with Gasteiger partial charge in [0, 0.05) is 16.8 Å². The molecule has 1 aliphatic heterocycles. The Kier molecular flexibility index (Phi) is 3.31. The second kappa shape index (κ2) is 4.97. The van der Waals surface area contributed by atoms with Crippen molar-refractivity contribution in [1.82, 2.24) is 0 Å². The van der Waals surface area contributed by atoms with Gasteiger partial charge >= 0.3 is 6.18 Å². The number of anilines is 1. The predicted octanol–water partition coefficient (Wildman–Crippen LogP) is 3.88. The third kappa shape index (κ3) is 2.23. The molecule has 0 aromatic heterocycles. The van der Waals surface area contributed by atoms with Crippen LogP contribution in [0.2, 0.25) is 0 Å². The monoisotopic (exact) mass is 325 g/mol. The van der Waals surface area contributed by atoms with E-state index in [9.17, 15) is 18.0 Å². The molecule has 1 amide bonds. The number of rotatable bonds is 2. The number of benzene rings is 2. The van der Waals surface area contributed by atoms with Crippen molar-refractivity contribution >= 4 is 11.6 Å². The molecular weight excluding hydrogens is 314 g/mol. The second-order valence-corrected chi connectivity index (χ2v) is 5.07. The number of hydrogen-bond donors (Lipinski definition) is 1. The highest BCUT2D eigenvalue weighted by atomic mass is 19.4. The molecule has 1 unspecified atom stereocenters. The number of carbonyl (C=O) groups excluding carboxylic acids is 1. The van der Waals surface area contributed by atoms with Gasteiger partial charge < -0.3 is 10.1 Å². The van der Waals surface area contributed by atoms with Gasteiger partial charge in [0.2, 0.25) is 5.67 Å². The maximum Gasteiger partial charge on any atom is 0.416 e. The van der Waals surface area contributed by atoms with E-state index in [0.717, 1.165) is 18.2 Å². The molecule has 1 heterocycles. The first-order valence-corrected chi connectivity index (χ1v) is 6.64. The summed E-state index contributed by atoms with van der Waals surface area (Å²) in [5, 5.41) is 2.18. The largest absolute Gasteiger partial charge is 0.496 e. The van der Waals surface area contributed by atoms with Crippen LogP contribution in [0.25, 0.3) is 0 Å². The van der Waals surface area contributed by atoms with Crippen LogP contribution in [0.15, 0.2) is 42.5 Å². The fourth-order valence-electron chi connectivity index (χ4n) is 2.65. The highest BCUT2D eigenvalue weighted by Crippen LogP contribution is 2.48. The number of halogens is 4. The quantitative estimate of drug-likeness (QED) is 0.851. The normalized spacial score (nSPS) is 20.1. The number of alkyl halides is 4. The van der Waals surface area contributed by atoms with Crippen LogP contribution in [0.1, 0.15) is 16.7 Å². The van der Waals surface area contributed by atoms with Crippen LogP contribution >= 0.6 is 0 Å². The molecular formula is C16H11F4NO2. The van der Waals surface area contributed by atoms with E-state index in [-0.39, 0.29) is 22.6 Å². The number of nitrogens with one attached hydrogen (secondary N) is 1. The molecule has 0 bridgehead atoms. The summed E-state index contributed by atoms with van der Waals surface area (Å²) < 4.78 is 58.9. The molecule has 3 rings (SSSR count). The minimum absolute atomic E-state index is 0.0569. The number of para-hydroxylation sites is 1. The van der Waals surface area contributed by atoms with E-state index in [4.69, 9.17) is 4.74 Å². The molecule has 0 aliphatic carbocycles. The first-order valence-electron chi connectivity index (χ1n) is 6.64. The zero-order valence-corrected chi connectivity index (χ0v) is 11.9. The Morgan fingerprint density at radius 2 is 1.78 bits per heavy atom. The maximum absolute atomic E-state index is 15.5. The Labute approximate surface area is 128 Å². The average molecular weight is 325 g/mol. The Morgan fingerprint density at radius 3 is 2.43 bits per heavy atom. The molecule has 1 aliphatic rings. The molecule has 23 heavy (non-hydrogen) atoms. The topological polar surface area (TPSA) is 38.3 Å². The third-order valence-corrected chi connectivity index (χ3v) is 3.76. The number of amides is 1. The fraction of sp³-hybridized carbons (Fsp3) is 0.188. The van der Waals surface area contributed by atoms with E-state index in [1.165, 1.54) is 25.3 Å². The zero-order chi connectivity index (χ0) is 16.8. The molecule has 7 heteroatoms. The summed E-state index contributed by atoms with van der Waals surface area (Å²) in [6, 6.07) is 8.42. The van der Waals surface area contributed by atoms with Gasteiger partial charge in [-0.2, -0.15) is 13.2 Å². The summed E-state index contributed by atoms with van der Waals surface area (Å²) in [6.45, 7) is 0. The van der Waals surface area contributed by atoms with Crippen molar-refractivity contribution in [3.63, 3.8) is 0 Å². The lowest BCUT2D eigenvalue weighted by Crippen LogP contribution is -2.31. The number of methoxy groups -OCH3 is 1. The van der Waals surface area contributed by atoms with E-state index >= 15 is 4.39 Å². The van der Waals surface area contributed by atoms with Gasteiger partial charge in [0.05, 0.1) is 12.7 Å². The van der Waals surface area contributed by atoms with Crippen molar-refractivity contribution in [1.29, 1.82) is 0 Å². The van der Waals surface area contributed by atoms with Gasteiger partial charge in [-0.1, -0.05) is 24.3 Å². The Balaban J connectivity index is 2.19. The van der Waals surface area contributed by atoms with Gasteiger partial charge in [-0.15, -0.1) is 0 Å². The van der Waals surface area contributed by atoms with Gasteiger partial charge in [0.1, 0.15) is 5.75 Å². The number of carbonyl (C=O) groups is 1. The van der Waals surface area contributed by atoms with Gasteiger partial charge in [-0.25, -0.2) is 4.39 Å². The van der Waals surface area contributed by atoms with Crippen LogP contribution in [0, 0.1) is 0 Å². The van der Waals surface area contributed by atoms with Crippen LogP contribution < -0.4 is 10.1 Å². The van der Waals surface area contributed by atoms with E-state index in [2.05, 4.69) is 5.32 Å². The average Bonchev–Trinajstić information content (AvgIpc) is 2.78. The summed E-state index contributed by atoms with van der Waals surface area (Å²) in [6.07, 6.45) is -4.58. The molecule has 0 fully saturated rings. The van der Waals surface area contributed by atoms with E-state index in [1.54, 1.807) is 6.07 Å². The summed E-state index contributed by atoms with van der Waals surface area (Å²) >= 11 is 0. The van der Waals surface area contributed by atoms with Crippen molar-refractivity contribution in [3.05, 3.63) is 59.2 Å². The highest BCUT2D eigenvalue weighted by Gasteiger charge is 2.51. The van der Waals surface area contributed by atoms with Crippen molar-refractivity contribution in [2.75, 3.05) is 12.4 Å². The third-order valence-electron chi connectivity index (χ3n) is 3.76. The van der Waals surface area contributed by atoms with E-state index in [1.807, 2.05) is 0 Å². The molecule has 3 nitrogen and oxygen atoms in total. The van der Waals surface area contributed by atoms with Gasteiger partial charge in [0.25, 0.3) is 5.91 Å². The number of fused-ring (bicyclic) bond motifs is 1. The van der Waals surface area contributed by atoms with Crippen LogP contribution in [0.3, 0.4) is 0 Å². The van der Waals surface area contributed by atoms with Crippen LogP contribution in [-0.2, 0) is 16.6 Å². The SMILES string of the molecule is COc1ccccc1C1(F)C(=O)Nc2cc(C(F)(F)F)ccc21. The minimum Gasteiger partial charge on any atom is -0.496 e. The lowest BCUT2D eigenvalue weighted by Gasteiger charge is -2.21. The zero-order valence-electron chi connectivity index (χ0n) is 11.9. The Hall–Kier alpha value is -2.57. The summed E-state index contributed by atoms with van der Waals surface area (Å²) in [4.78, 5) is 12.2. The van der Waals surface area contributed by atoms with Gasteiger partial charge in [-0.05, 0) is 18.2 Å². The van der Waals surface area contributed by atoms with Crippen molar-refractivity contribution in [2.24, 2.45) is 0 Å². The van der Waals surface area contributed by atoms with E-state index in [0.29, 0.717) is 0 Å². The van der Waals surface area contributed by atoms with Gasteiger partial charge in [-0.3, -0.25) is 4.79 Å². The standard InChI is InChI=1S/C16H11F4NO2/c1-23-13-5-3-2-4-11(13)15(17)10-7-6-9(16(18,19)20)8-12(10)21-14(15)22/h2-8H,1H3,(H,21,22). The molecule has 120 valence electrons. The predicted molar refractivity (Wildman–Crippen MR) is 75.0 cm³/mol. The molecule has 0 spiro atoms. The lowest BCUT2D eigenvalue weighted by molar-refractivity contribution is -0.137. The molecule has 1 N–H and O–H groups in total. The van der Waals surface area contributed by atoms with E-state index < -0.39 is 23.3 Å². The fourth-order valence-corrected chi connectivity index (χ4v) is 2.65. The molecule has 0 saturated heterocycles. The molecule has 2 aromatic rings. The maximum atomic E-state index is 15.5. The van der Waals surface area contributed by atoms with Crippen LogP contribution in [0.4, 0.5) is 23.2 Å².